The first kappa shape index (κ1) is 19.5. The molecule has 1 aliphatic heterocycles. The maximum Gasteiger partial charge on any atom is 0.340 e. The van der Waals surface area contributed by atoms with E-state index in [1.807, 2.05) is 0 Å². The zero-order valence-corrected chi connectivity index (χ0v) is 16.3. The van der Waals surface area contributed by atoms with Gasteiger partial charge in [-0.2, -0.15) is 0 Å². The lowest BCUT2D eigenvalue weighted by Gasteiger charge is -2.19. The smallest absolute Gasteiger partial charge is 0.340 e. The Hall–Kier alpha value is -3.25. The fourth-order valence-corrected chi connectivity index (χ4v) is 3.27. The van der Waals surface area contributed by atoms with Crippen molar-refractivity contribution in [2.24, 2.45) is 0 Å². The van der Waals surface area contributed by atoms with E-state index in [0.29, 0.717) is 27.7 Å². The van der Waals surface area contributed by atoms with E-state index in [0.717, 1.165) is 0 Å². The second-order valence-corrected chi connectivity index (χ2v) is 6.47. The predicted molar refractivity (Wildman–Crippen MR) is 106 cm³/mol. The highest BCUT2D eigenvalue weighted by Crippen LogP contribution is 2.38. The lowest BCUT2D eigenvalue weighted by molar-refractivity contribution is -0.136. The first-order valence-corrected chi connectivity index (χ1v) is 8.73. The van der Waals surface area contributed by atoms with Crippen molar-refractivity contribution in [1.29, 1.82) is 0 Å². The van der Waals surface area contributed by atoms with Crippen molar-refractivity contribution in [2.75, 3.05) is 19.1 Å². The first-order chi connectivity index (χ1) is 13.4. The number of aromatic hydroxyl groups is 1. The van der Waals surface area contributed by atoms with Gasteiger partial charge in [0.05, 0.1) is 36.1 Å². The molecule has 28 heavy (non-hydrogen) atoms. The molecule has 0 radical (unpaired) electrons. The van der Waals surface area contributed by atoms with Gasteiger partial charge >= 0.3 is 5.97 Å². The molecule has 0 bridgehead atoms. The van der Waals surface area contributed by atoms with Crippen LogP contribution in [0.2, 0.25) is 5.02 Å². The van der Waals surface area contributed by atoms with Crippen LogP contribution in [0.3, 0.4) is 0 Å². The summed E-state index contributed by atoms with van der Waals surface area (Å²) in [5, 5.41) is 9.79. The van der Waals surface area contributed by atoms with Gasteiger partial charge in [0.15, 0.2) is 0 Å². The molecule has 3 rings (SSSR count). The maximum atomic E-state index is 13.2. The van der Waals surface area contributed by atoms with Crippen molar-refractivity contribution in [1.82, 2.24) is 0 Å². The van der Waals surface area contributed by atoms with Gasteiger partial charge in [0.1, 0.15) is 11.5 Å². The number of benzene rings is 2. The SMILES string of the molecule is COC(=O)C1=C(C)N(c2ccc(OC)c(Cl)c2)C(=O)/C1=C\c1ccc(O)cc1. The molecule has 0 spiro atoms. The van der Waals surface area contributed by atoms with E-state index < -0.39 is 5.97 Å². The Labute approximate surface area is 167 Å². The summed E-state index contributed by atoms with van der Waals surface area (Å²) < 4.78 is 10.0. The van der Waals surface area contributed by atoms with Gasteiger partial charge in [0.25, 0.3) is 5.91 Å². The third-order valence-corrected chi connectivity index (χ3v) is 4.68. The van der Waals surface area contributed by atoms with Crippen molar-refractivity contribution >= 4 is 35.2 Å². The third kappa shape index (κ3) is 3.46. The second-order valence-electron chi connectivity index (χ2n) is 6.06. The monoisotopic (exact) mass is 399 g/mol. The molecule has 0 unspecified atom stereocenters. The molecule has 0 atom stereocenters. The van der Waals surface area contributed by atoms with Gasteiger partial charge in [-0.05, 0) is 48.9 Å². The number of nitrogens with zero attached hydrogens (tertiary/aromatic N) is 1. The molecule has 2 aromatic rings. The number of ether oxygens (including phenoxy) is 2. The van der Waals surface area contributed by atoms with Crippen LogP contribution >= 0.6 is 11.6 Å². The zero-order valence-electron chi connectivity index (χ0n) is 15.5. The average molecular weight is 400 g/mol. The highest BCUT2D eigenvalue weighted by Gasteiger charge is 2.38. The number of carbonyl (C=O) groups is 2. The summed E-state index contributed by atoms with van der Waals surface area (Å²) in [4.78, 5) is 27.0. The minimum Gasteiger partial charge on any atom is -0.508 e. The number of hydrogen-bond donors (Lipinski definition) is 1. The molecule has 7 heteroatoms. The number of hydrogen-bond acceptors (Lipinski definition) is 5. The van der Waals surface area contributed by atoms with E-state index in [-0.39, 0.29) is 22.8 Å². The Bertz CT molecular complexity index is 1010. The van der Waals surface area contributed by atoms with Gasteiger partial charge in [-0.25, -0.2) is 4.79 Å². The number of phenolic OH excluding ortho intramolecular Hbond substituents is 1. The first-order valence-electron chi connectivity index (χ1n) is 8.35. The fourth-order valence-electron chi connectivity index (χ4n) is 3.02. The largest absolute Gasteiger partial charge is 0.508 e. The molecular weight excluding hydrogens is 382 g/mol. The van der Waals surface area contributed by atoms with Crippen molar-refractivity contribution in [3.8, 4) is 11.5 Å². The Morgan fingerprint density at radius 2 is 1.82 bits per heavy atom. The van der Waals surface area contributed by atoms with Gasteiger partial charge < -0.3 is 14.6 Å². The summed E-state index contributed by atoms with van der Waals surface area (Å²) in [5.41, 5.74) is 1.96. The number of allylic oxidation sites excluding steroid dienone is 1. The molecule has 0 fully saturated rings. The Kier molecular flexibility index (Phi) is 5.42. The molecule has 6 nitrogen and oxygen atoms in total. The number of carbonyl (C=O) groups excluding carboxylic acids is 2. The summed E-state index contributed by atoms with van der Waals surface area (Å²) in [6.45, 7) is 1.67. The summed E-state index contributed by atoms with van der Waals surface area (Å²) in [5.74, 6) is -0.411. The van der Waals surface area contributed by atoms with Crippen molar-refractivity contribution < 1.29 is 24.2 Å². The van der Waals surface area contributed by atoms with Crippen LogP contribution in [0.5, 0.6) is 11.5 Å². The molecule has 0 saturated heterocycles. The molecule has 1 amide bonds. The van der Waals surface area contributed by atoms with E-state index in [4.69, 9.17) is 21.1 Å². The summed E-state index contributed by atoms with van der Waals surface area (Å²) in [7, 11) is 2.76. The standard InChI is InChI=1S/C21H18ClNO5/c1-12-19(21(26)28-3)16(10-13-4-7-15(24)8-5-13)20(25)23(12)14-6-9-18(27-2)17(22)11-14/h4-11,24H,1-3H3/b16-10-. The van der Waals surface area contributed by atoms with Crippen LogP contribution in [-0.4, -0.2) is 31.2 Å². The van der Waals surface area contributed by atoms with Crippen LogP contribution in [0, 0.1) is 0 Å². The lowest BCUT2D eigenvalue weighted by Crippen LogP contribution is -2.24. The lowest BCUT2D eigenvalue weighted by atomic mass is 10.0. The molecule has 0 saturated carbocycles. The summed E-state index contributed by atoms with van der Waals surface area (Å²) in [6, 6.07) is 11.2. The van der Waals surface area contributed by atoms with Gasteiger partial charge in [0.2, 0.25) is 0 Å². The highest BCUT2D eigenvalue weighted by molar-refractivity contribution is 6.32. The molecule has 1 aliphatic rings. The van der Waals surface area contributed by atoms with E-state index in [2.05, 4.69) is 0 Å². The van der Waals surface area contributed by atoms with Crippen LogP contribution < -0.4 is 9.64 Å². The second kappa shape index (κ2) is 7.78. The topological polar surface area (TPSA) is 76.1 Å². The number of phenols is 1. The Morgan fingerprint density at radius 1 is 1.14 bits per heavy atom. The minimum atomic E-state index is -0.613. The summed E-state index contributed by atoms with van der Waals surface area (Å²) >= 11 is 6.20. The van der Waals surface area contributed by atoms with Crippen molar-refractivity contribution in [3.63, 3.8) is 0 Å². The molecule has 144 valence electrons. The number of methoxy groups -OCH3 is 2. The van der Waals surface area contributed by atoms with Crippen LogP contribution in [-0.2, 0) is 14.3 Å². The minimum absolute atomic E-state index is 0.106. The molecule has 1 heterocycles. The van der Waals surface area contributed by atoms with Crippen LogP contribution in [0.4, 0.5) is 5.69 Å². The molecule has 0 aliphatic carbocycles. The molecule has 2 aromatic carbocycles. The van der Waals surface area contributed by atoms with E-state index in [1.54, 1.807) is 43.3 Å². The van der Waals surface area contributed by atoms with E-state index in [1.165, 1.54) is 31.3 Å². The highest BCUT2D eigenvalue weighted by atomic mass is 35.5. The molecule has 0 aromatic heterocycles. The number of rotatable bonds is 4. The van der Waals surface area contributed by atoms with Gasteiger partial charge in [0, 0.05) is 5.70 Å². The van der Waals surface area contributed by atoms with Gasteiger partial charge in [-0.1, -0.05) is 23.7 Å². The number of halogens is 1. The van der Waals surface area contributed by atoms with Gasteiger partial charge in [-0.15, -0.1) is 0 Å². The van der Waals surface area contributed by atoms with E-state index >= 15 is 0 Å². The normalized spacial score (nSPS) is 15.4. The van der Waals surface area contributed by atoms with Crippen LogP contribution in [0.15, 0.2) is 59.3 Å². The zero-order chi connectivity index (χ0) is 20.4. The average Bonchev–Trinajstić information content (AvgIpc) is 2.92. The Morgan fingerprint density at radius 3 is 2.39 bits per heavy atom. The number of esters is 1. The number of amides is 1. The van der Waals surface area contributed by atoms with Crippen molar-refractivity contribution in [3.05, 3.63) is 69.9 Å². The fraction of sp³-hybridized carbons (Fsp3) is 0.143. The molecular formula is C21H18ClNO5. The quantitative estimate of drug-likeness (QED) is 0.622. The Balaban J connectivity index is 2.12. The van der Waals surface area contributed by atoms with Crippen LogP contribution in [0.25, 0.3) is 6.08 Å². The third-order valence-electron chi connectivity index (χ3n) is 4.39. The summed E-state index contributed by atoms with van der Waals surface area (Å²) in [6.07, 6.45) is 1.59. The number of anilines is 1. The van der Waals surface area contributed by atoms with Crippen LogP contribution in [0.1, 0.15) is 12.5 Å². The molecule has 1 N–H and O–H groups in total. The van der Waals surface area contributed by atoms with Crippen molar-refractivity contribution in [2.45, 2.75) is 6.92 Å². The maximum absolute atomic E-state index is 13.2. The predicted octanol–water partition coefficient (Wildman–Crippen LogP) is 3.93. The van der Waals surface area contributed by atoms with E-state index in [9.17, 15) is 14.7 Å². The van der Waals surface area contributed by atoms with Gasteiger partial charge in [-0.3, -0.25) is 9.69 Å².